The first kappa shape index (κ1) is 8.39. The van der Waals surface area contributed by atoms with Crippen molar-refractivity contribution in [3.8, 4) is 0 Å². The predicted molar refractivity (Wildman–Crippen MR) is 41.4 cm³/mol. The molecule has 0 aromatic carbocycles. The number of ketones is 1. The Morgan fingerprint density at radius 2 is 2.55 bits per heavy atom. The standard InChI is InChI=1S/C6H6BrFN2O/c1-10-3-4(2-9-10)5(11)6(7)8/h2-3,6H,1H3. The molecule has 1 aromatic heterocycles. The summed E-state index contributed by atoms with van der Waals surface area (Å²) in [5, 5.41) is 2.10. The van der Waals surface area contributed by atoms with Gasteiger partial charge in [-0.25, -0.2) is 4.39 Å². The Labute approximate surface area is 71.3 Å². The maximum absolute atomic E-state index is 12.3. The first-order valence-electron chi connectivity index (χ1n) is 2.92. The van der Waals surface area contributed by atoms with Crippen LogP contribution in [-0.4, -0.2) is 20.6 Å². The Morgan fingerprint density at radius 1 is 1.91 bits per heavy atom. The van der Waals surface area contributed by atoms with Crippen molar-refractivity contribution in [3.05, 3.63) is 18.0 Å². The Bertz CT molecular complexity index is 271. The summed E-state index contributed by atoms with van der Waals surface area (Å²) in [5.74, 6) is -0.599. The third-order valence-electron chi connectivity index (χ3n) is 1.19. The molecule has 1 unspecified atom stereocenters. The van der Waals surface area contributed by atoms with E-state index in [1.807, 2.05) is 0 Å². The molecule has 3 nitrogen and oxygen atoms in total. The first-order valence-corrected chi connectivity index (χ1v) is 3.84. The topological polar surface area (TPSA) is 34.9 Å². The summed E-state index contributed by atoms with van der Waals surface area (Å²) < 4.78 is 13.8. The van der Waals surface area contributed by atoms with Crippen LogP contribution in [-0.2, 0) is 7.05 Å². The summed E-state index contributed by atoms with van der Waals surface area (Å²) in [4.78, 5) is 10.9. The smallest absolute Gasteiger partial charge is 0.217 e. The lowest BCUT2D eigenvalue weighted by atomic mass is 10.2. The molecule has 0 bridgehead atoms. The van der Waals surface area contributed by atoms with Crippen LogP contribution in [0.4, 0.5) is 4.39 Å². The van der Waals surface area contributed by atoms with Crippen LogP contribution < -0.4 is 0 Å². The zero-order chi connectivity index (χ0) is 8.43. The van der Waals surface area contributed by atoms with Gasteiger partial charge in [0.25, 0.3) is 0 Å². The normalized spacial score (nSPS) is 13.0. The Morgan fingerprint density at radius 3 is 2.91 bits per heavy atom. The van der Waals surface area contributed by atoms with E-state index in [2.05, 4.69) is 21.0 Å². The van der Waals surface area contributed by atoms with Gasteiger partial charge >= 0.3 is 0 Å². The molecule has 0 aliphatic carbocycles. The highest BCUT2D eigenvalue weighted by atomic mass is 79.9. The average Bonchev–Trinajstić information content (AvgIpc) is 2.34. The van der Waals surface area contributed by atoms with Gasteiger partial charge in [0.2, 0.25) is 10.9 Å². The largest absolute Gasteiger partial charge is 0.290 e. The van der Waals surface area contributed by atoms with Crippen molar-refractivity contribution >= 4 is 21.7 Å². The van der Waals surface area contributed by atoms with Gasteiger partial charge in [0.15, 0.2) is 0 Å². The molecule has 0 saturated heterocycles. The molecule has 1 aromatic rings. The summed E-state index contributed by atoms with van der Waals surface area (Å²) in [6.45, 7) is 0. The van der Waals surface area contributed by atoms with Gasteiger partial charge in [-0.3, -0.25) is 9.48 Å². The molecule has 1 rings (SSSR count). The number of aromatic nitrogens is 2. The van der Waals surface area contributed by atoms with Gasteiger partial charge in [0.05, 0.1) is 11.8 Å². The second-order valence-corrected chi connectivity index (χ2v) is 2.87. The molecule has 0 saturated carbocycles. The summed E-state index contributed by atoms with van der Waals surface area (Å²) in [6, 6.07) is 0. The summed E-state index contributed by atoms with van der Waals surface area (Å²) in [7, 11) is 1.66. The molecule has 1 atom stereocenters. The van der Waals surface area contributed by atoms with Crippen molar-refractivity contribution in [1.29, 1.82) is 0 Å². The van der Waals surface area contributed by atoms with E-state index in [4.69, 9.17) is 0 Å². The van der Waals surface area contributed by atoms with Crippen LogP contribution in [0.3, 0.4) is 0 Å². The molecule has 0 fully saturated rings. The van der Waals surface area contributed by atoms with Gasteiger partial charge in [0, 0.05) is 13.2 Å². The van der Waals surface area contributed by atoms with Crippen molar-refractivity contribution < 1.29 is 9.18 Å². The van der Waals surface area contributed by atoms with Gasteiger partial charge in [0.1, 0.15) is 0 Å². The minimum Gasteiger partial charge on any atom is -0.290 e. The number of alkyl halides is 2. The number of carbonyl (C=O) groups excluding carboxylic acids is 1. The third-order valence-corrected chi connectivity index (χ3v) is 1.60. The van der Waals surface area contributed by atoms with Crippen molar-refractivity contribution in [2.24, 2.45) is 7.05 Å². The highest BCUT2D eigenvalue weighted by Gasteiger charge is 2.16. The fourth-order valence-electron chi connectivity index (χ4n) is 0.674. The van der Waals surface area contributed by atoms with Gasteiger partial charge < -0.3 is 0 Å². The number of halogens is 2. The highest BCUT2D eigenvalue weighted by Crippen LogP contribution is 2.09. The van der Waals surface area contributed by atoms with E-state index in [1.165, 1.54) is 17.1 Å². The molecule has 0 radical (unpaired) electrons. The molecule has 0 amide bonds. The minimum absolute atomic E-state index is 0.275. The van der Waals surface area contributed by atoms with Crippen LogP contribution >= 0.6 is 15.9 Å². The monoisotopic (exact) mass is 220 g/mol. The number of Topliss-reactive ketones (excluding diaryl/α,β-unsaturated/α-hetero) is 1. The van der Waals surface area contributed by atoms with E-state index in [0.717, 1.165) is 0 Å². The van der Waals surface area contributed by atoms with Gasteiger partial charge in [-0.1, -0.05) is 0 Å². The van der Waals surface area contributed by atoms with Gasteiger partial charge in [-0.05, 0) is 15.9 Å². The number of rotatable bonds is 2. The lowest BCUT2D eigenvalue weighted by molar-refractivity contribution is 0.0942. The molecular weight excluding hydrogens is 215 g/mol. The SMILES string of the molecule is Cn1cc(C(=O)C(F)Br)cn1. The van der Waals surface area contributed by atoms with E-state index >= 15 is 0 Å². The van der Waals surface area contributed by atoms with Crippen molar-refractivity contribution in [2.75, 3.05) is 0 Å². The molecule has 11 heavy (non-hydrogen) atoms. The van der Waals surface area contributed by atoms with Gasteiger partial charge in [-0.15, -0.1) is 0 Å². The molecule has 60 valence electrons. The van der Waals surface area contributed by atoms with E-state index in [1.54, 1.807) is 7.05 Å². The molecule has 1 heterocycles. The lowest BCUT2D eigenvalue weighted by Crippen LogP contribution is -2.07. The Hall–Kier alpha value is -0.710. The lowest BCUT2D eigenvalue weighted by Gasteiger charge is -1.93. The quantitative estimate of drug-likeness (QED) is 0.557. The maximum Gasteiger partial charge on any atom is 0.217 e. The van der Waals surface area contributed by atoms with Crippen molar-refractivity contribution in [1.82, 2.24) is 9.78 Å². The van der Waals surface area contributed by atoms with Crippen LogP contribution in [0, 0.1) is 0 Å². The van der Waals surface area contributed by atoms with Crippen LogP contribution in [0.15, 0.2) is 12.4 Å². The molecule has 0 aliphatic heterocycles. The fourth-order valence-corrected chi connectivity index (χ4v) is 0.939. The van der Waals surface area contributed by atoms with Gasteiger partial charge in [-0.2, -0.15) is 5.10 Å². The van der Waals surface area contributed by atoms with Crippen molar-refractivity contribution in [2.45, 2.75) is 5.08 Å². The van der Waals surface area contributed by atoms with E-state index in [0.29, 0.717) is 0 Å². The van der Waals surface area contributed by atoms with E-state index in [-0.39, 0.29) is 5.56 Å². The maximum atomic E-state index is 12.3. The number of nitrogens with zero attached hydrogens (tertiary/aromatic N) is 2. The molecular formula is C6H6BrFN2O. The second kappa shape index (κ2) is 3.13. The van der Waals surface area contributed by atoms with Crippen LogP contribution in [0.25, 0.3) is 0 Å². The summed E-state index contributed by atoms with van der Waals surface area (Å²) in [6.07, 6.45) is 2.80. The third kappa shape index (κ3) is 1.86. The summed E-state index contributed by atoms with van der Waals surface area (Å²) >= 11 is 2.53. The summed E-state index contributed by atoms with van der Waals surface area (Å²) in [5.41, 5.74) is 0.275. The van der Waals surface area contributed by atoms with Crippen LogP contribution in [0.2, 0.25) is 0 Å². The Balaban J connectivity index is 2.85. The molecule has 5 heteroatoms. The first-order chi connectivity index (χ1) is 5.11. The molecule has 0 spiro atoms. The van der Waals surface area contributed by atoms with E-state index in [9.17, 15) is 9.18 Å². The number of aryl methyl sites for hydroxylation is 1. The molecule has 0 N–H and O–H groups in total. The minimum atomic E-state index is -1.63. The zero-order valence-corrected chi connectivity index (χ0v) is 7.38. The molecule has 0 aliphatic rings. The highest BCUT2D eigenvalue weighted by molar-refractivity contribution is 9.09. The predicted octanol–water partition coefficient (Wildman–Crippen LogP) is 1.29. The van der Waals surface area contributed by atoms with Crippen LogP contribution in [0.1, 0.15) is 10.4 Å². The zero-order valence-electron chi connectivity index (χ0n) is 5.79. The number of carbonyl (C=O) groups is 1. The van der Waals surface area contributed by atoms with Crippen LogP contribution in [0.5, 0.6) is 0 Å². The fraction of sp³-hybridized carbons (Fsp3) is 0.333. The van der Waals surface area contributed by atoms with Crippen molar-refractivity contribution in [3.63, 3.8) is 0 Å². The average molecular weight is 221 g/mol. The van der Waals surface area contributed by atoms with E-state index < -0.39 is 10.9 Å². The number of hydrogen-bond donors (Lipinski definition) is 0. The Kier molecular flexibility index (Phi) is 2.38. The second-order valence-electron chi connectivity index (χ2n) is 2.07. The number of hydrogen-bond acceptors (Lipinski definition) is 2.